The fraction of sp³-hybridized carbons (Fsp3) is 0.263. The number of carbonyl (C=O) groups excluding carboxylic acids is 2. The molecule has 0 saturated carbocycles. The molecule has 0 radical (unpaired) electrons. The van der Waals surface area contributed by atoms with E-state index in [0.717, 1.165) is 12.1 Å². The largest absolute Gasteiger partial charge is 0.481 e. The van der Waals surface area contributed by atoms with E-state index in [1.807, 2.05) is 30.3 Å². The molecular weight excluding hydrogens is 318 g/mol. The number of ether oxygens (including phenoxy) is 1. The van der Waals surface area contributed by atoms with Crippen LogP contribution in [0.2, 0.25) is 0 Å². The lowest BCUT2D eigenvalue weighted by Crippen LogP contribution is -2.46. The van der Waals surface area contributed by atoms with Crippen LogP contribution in [0.3, 0.4) is 0 Å². The van der Waals surface area contributed by atoms with Gasteiger partial charge in [-0.1, -0.05) is 18.2 Å². The van der Waals surface area contributed by atoms with Crippen molar-refractivity contribution in [3.63, 3.8) is 0 Å². The number of hydrogen-bond acceptors (Lipinski definition) is 3. The van der Waals surface area contributed by atoms with E-state index in [9.17, 15) is 9.59 Å². The van der Waals surface area contributed by atoms with Crippen molar-refractivity contribution in [1.29, 1.82) is 0 Å². The monoisotopic (exact) mass is 339 g/mol. The molecule has 6 heteroatoms. The van der Waals surface area contributed by atoms with Crippen LogP contribution >= 0.6 is 0 Å². The summed E-state index contributed by atoms with van der Waals surface area (Å²) in [5, 5.41) is 0. The third-order valence-corrected chi connectivity index (χ3v) is 4.29. The first-order chi connectivity index (χ1) is 12.1. The van der Waals surface area contributed by atoms with Crippen molar-refractivity contribution in [2.45, 2.75) is 18.9 Å². The molecule has 1 aliphatic heterocycles. The molecule has 2 N–H and O–H groups in total. The average Bonchev–Trinajstić information content (AvgIpc) is 2.64. The molecule has 1 atom stereocenters. The number of amides is 3. The van der Waals surface area contributed by atoms with Gasteiger partial charge in [0, 0.05) is 25.0 Å². The molecule has 0 spiro atoms. The number of primary amides is 1. The molecule has 1 aliphatic rings. The van der Waals surface area contributed by atoms with Gasteiger partial charge in [0.1, 0.15) is 5.75 Å². The number of piperidine rings is 1. The molecule has 1 unspecified atom stereocenters. The Hall–Kier alpha value is -3.02. The van der Waals surface area contributed by atoms with E-state index in [4.69, 9.17) is 10.5 Å². The molecule has 6 nitrogen and oxygen atoms in total. The Kier molecular flexibility index (Phi) is 4.88. The van der Waals surface area contributed by atoms with Crippen LogP contribution < -0.4 is 20.3 Å². The fourth-order valence-corrected chi connectivity index (χ4v) is 2.86. The van der Waals surface area contributed by atoms with Gasteiger partial charge in [-0.2, -0.15) is 0 Å². The van der Waals surface area contributed by atoms with Gasteiger partial charge in [0.2, 0.25) is 0 Å². The third-order valence-electron chi connectivity index (χ3n) is 4.29. The number of urea groups is 1. The van der Waals surface area contributed by atoms with E-state index in [1.165, 1.54) is 4.90 Å². The van der Waals surface area contributed by atoms with Crippen LogP contribution in [0.5, 0.6) is 5.75 Å². The number of carbonyl (C=O) groups is 2. The highest BCUT2D eigenvalue weighted by Gasteiger charge is 2.31. The minimum absolute atomic E-state index is 0.0317. The summed E-state index contributed by atoms with van der Waals surface area (Å²) in [5.41, 5.74) is 6.81. The highest BCUT2D eigenvalue weighted by Crippen LogP contribution is 2.25. The van der Waals surface area contributed by atoms with Crippen LogP contribution in [0.4, 0.5) is 16.2 Å². The zero-order valence-electron chi connectivity index (χ0n) is 14.1. The number of para-hydroxylation sites is 1. The molecule has 0 aromatic heterocycles. The summed E-state index contributed by atoms with van der Waals surface area (Å²) in [4.78, 5) is 27.0. The molecule has 130 valence electrons. The van der Waals surface area contributed by atoms with Gasteiger partial charge >= 0.3 is 6.03 Å². The zero-order chi connectivity index (χ0) is 17.8. The number of rotatable bonds is 4. The molecule has 3 amide bonds. The SMILES string of the molecule is CN(C(N)=O)c1ccc(OC2CCCN(c3ccccc3)C2=O)cc1. The maximum atomic E-state index is 12.7. The van der Waals surface area contributed by atoms with Gasteiger partial charge in [0.05, 0.1) is 0 Å². The summed E-state index contributed by atoms with van der Waals surface area (Å²) in [6, 6.07) is 16.0. The summed E-state index contributed by atoms with van der Waals surface area (Å²) < 4.78 is 5.89. The molecular formula is C19H21N3O3. The lowest BCUT2D eigenvalue weighted by molar-refractivity contribution is -0.126. The van der Waals surface area contributed by atoms with E-state index in [1.54, 1.807) is 36.2 Å². The average molecular weight is 339 g/mol. The zero-order valence-corrected chi connectivity index (χ0v) is 14.1. The van der Waals surface area contributed by atoms with E-state index in [0.29, 0.717) is 24.4 Å². The molecule has 2 aromatic carbocycles. The maximum Gasteiger partial charge on any atom is 0.318 e. The van der Waals surface area contributed by atoms with Crippen LogP contribution in [0.25, 0.3) is 0 Å². The lowest BCUT2D eigenvalue weighted by atomic mass is 10.1. The molecule has 1 fully saturated rings. The molecule has 0 bridgehead atoms. The molecule has 1 heterocycles. The second kappa shape index (κ2) is 7.25. The van der Waals surface area contributed by atoms with Gasteiger partial charge in [-0.15, -0.1) is 0 Å². The fourth-order valence-electron chi connectivity index (χ4n) is 2.86. The van der Waals surface area contributed by atoms with Crippen molar-refractivity contribution in [1.82, 2.24) is 0 Å². The summed E-state index contributed by atoms with van der Waals surface area (Å²) in [7, 11) is 1.60. The van der Waals surface area contributed by atoms with Gasteiger partial charge in [0.25, 0.3) is 5.91 Å². The van der Waals surface area contributed by atoms with Crippen molar-refractivity contribution in [3.8, 4) is 5.75 Å². The smallest absolute Gasteiger partial charge is 0.318 e. The summed E-state index contributed by atoms with van der Waals surface area (Å²) in [6.45, 7) is 0.699. The number of nitrogens with zero attached hydrogens (tertiary/aromatic N) is 2. The van der Waals surface area contributed by atoms with Crippen LogP contribution in [-0.2, 0) is 4.79 Å². The minimum Gasteiger partial charge on any atom is -0.481 e. The van der Waals surface area contributed by atoms with Gasteiger partial charge in [-0.3, -0.25) is 9.69 Å². The molecule has 3 rings (SSSR count). The van der Waals surface area contributed by atoms with Crippen molar-refractivity contribution < 1.29 is 14.3 Å². The number of benzene rings is 2. The topological polar surface area (TPSA) is 75.9 Å². The van der Waals surface area contributed by atoms with Crippen molar-refractivity contribution in [2.24, 2.45) is 5.73 Å². The third kappa shape index (κ3) is 3.74. The number of anilines is 2. The van der Waals surface area contributed by atoms with Crippen LogP contribution in [0.15, 0.2) is 54.6 Å². The Morgan fingerprint density at radius 1 is 1.16 bits per heavy atom. The Balaban J connectivity index is 1.70. The predicted molar refractivity (Wildman–Crippen MR) is 96.9 cm³/mol. The molecule has 0 aliphatic carbocycles. The van der Waals surface area contributed by atoms with Gasteiger partial charge in [0.15, 0.2) is 6.10 Å². The highest BCUT2D eigenvalue weighted by atomic mass is 16.5. The van der Waals surface area contributed by atoms with Crippen molar-refractivity contribution in [3.05, 3.63) is 54.6 Å². The summed E-state index contributed by atoms with van der Waals surface area (Å²) in [5.74, 6) is 0.561. The van der Waals surface area contributed by atoms with Gasteiger partial charge < -0.3 is 15.4 Å². The van der Waals surface area contributed by atoms with Crippen LogP contribution in [0, 0.1) is 0 Å². The van der Waals surface area contributed by atoms with Crippen molar-refractivity contribution in [2.75, 3.05) is 23.4 Å². The first kappa shape index (κ1) is 16.8. The standard InChI is InChI=1S/C19H21N3O3/c1-21(19(20)24)14-9-11-16(12-10-14)25-17-8-5-13-22(18(17)23)15-6-3-2-4-7-15/h2-4,6-7,9-12,17H,5,8,13H2,1H3,(H2,20,24). The Labute approximate surface area is 146 Å². The summed E-state index contributed by atoms with van der Waals surface area (Å²) in [6.07, 6.45) is 1.06. The minimum atomic E-state index is -0.533. The van der Waals surface area contributed by atoms with Crippen LogP contribution in [0.1, 0.15) is 12.8 Å². The van der Waals surface area contributed by atoms with E-state index >= 15 is 0 Å². The summed E-state index contributed by atoms with van der Waals surface area (Å²) >= 11 is 0. The Morgan fingerprint density at radius 3 is 2.48 bits per heavy atom. The molecule has 25 heavy (non-hydrogen) atoms. The maximum absolute atomic E-state index is 12.7. The normalized spacial score (nSPS) is 17.2. The second-order valence-corrected chi connectivity index (χ2v) is 5.97. The highest BCUT2D eigenvalue weighted by molar-refractivity contribution is 5.97. The molecule has 1 saturated heterocycles. The van der Waals surface area contributed by atoms with E-state index in [-0.39, 0.29) is 5.91 Å². The first-order valence-electron chi connectivity index (χ1n) is 8.22. The lowest BCUT2D eigenvalue weighted by Gasteiger charge is -2.32. The quantitative estimate of drug-likeness (QED) is 0.930. The van der Waals surface area contributed by atoms with Crippen LogP contribution in [-0.4, -0.2) is 31.6 Å². The predicted octanol–water partition coefficient (Wildman–Crippen LogP) is 2.78. The molecule has 2 aromatic rings. The van der Waals surface area contributed by atoms with E-state index < -0.39 is 12.1 Å². The number of hydrogen-bond donors (Lipinski definition) is 1. The van der Waals surface area contributed by atoms with Gasteiger partial charge in [-0.25, -0.2) is 4.79 Å². The Morgan fingerprint density at radius 2 is 1.84 bits per heavy atom. The Bertz CT molecular complexity index is 746. The van der Waals surface area contributed by atoms with Gasteiger partial charge in [-0.05, 0) is 49.2 Å². The van der Waals surface area contributed by atoms with E-state index in [2.05, 4.69) is 0 Å². The van der Waals surface area contributed by atoms with Crippen molar-refractivity contribution >= 4 is 23.3 Å². The second-order valence-electron chi connectivity index (χ2n) is 5.97. The number of nitrogens with two attached hydrogens (primary N) is 1. The first-order valence-corrected chi connectivity index (χ1v) is 8.22.